The normalized spacial score (nSPS) is 10.5. The van der Waals surface area contributed by atoms with Crippen LogP contribution in [0.15, 0.2) is 37.1 Å². The summed E-state index contributed by atoms with van der Waals surface area (Å²) in [5.74, 6) is -0.817. The van der Waals surface area contributed by atoms with Gasteiger partial charge in [-0.25, -0.2) is 9.97 Å². The van der Waals surface area contributed by atoms with E-state index in [1.807, 2.05) is 26.2 Å². The van der Waals surface area contributed by atoms with Gasteiger partial charge in [0.25, 0.3) is 5.91 Å². The second kappa shape index (κ2) is 11.7. The molecule has 1 aromatic heterocycles. The monoisotopic (exact) mass is 440 g/mol. The number of amides is 2. The molecule has 0 saturated carbocycles. The van der Waals surface area contributed by atoms with Crippen LogP contribution in [0.5, 0.6) is 0 Å². The molecule has 10 heteroatoms. The fourth-order valence-electron chi connectivity index (χ4n) is 3.04. The number of carbonyl (C=O) groups excluding carboxylic acids is 2. The van der Waals surface area contributed by atoms with Crippen molar-refractivity contribution in [2.45, 2.75) is 13.8 Å². The Balaban J connectivity index is 2.54. The van der Waals surface area contributed by atoms with E-state index >= 15 is 0 Å². The number of nitrogens with two attached hydrogens (primary N) is 1. The summed E-state index contributed by atoms with van der Waals surface area (Å²) in [5, 5.41) is 9.40. The molecule has 0 saturated heterocycles. The van der Waals surface area contributed by atoms with Crippen LogP contribution in [0, 0.1) is 0 Å². The molecule has 2 amide bonds. The van der Waals surface area contributed by atoms with E-state index in [-0.39, 0.29) is 17.5 Å². The molecular formula is C22H32N8O2. The number of aromatic nitrogens is 2. The van der Waals surface area contributed by atoms with Crippen molar-refractivity contribution in [1.29, 1.82) is 0 Å². The molecule has 0 aliphatic carbocycles. The lowest BCUT2D eigenvalue weighted by atomic mass is 10.1. The quantitative estimate of drug-likeness (QED) is 0.370. The molecule has 2 rings (SSSR count). The summed E-state index contributed by atoms with van der Waals surface area (Å²) < 4.78 is 0. The van der Waals surface area contributed by atoms with Gasteiger partial charge in [0.2, 0.25) is 11.9 Å². The molecule has 1 aromatic carbocycles. The lowest BCUT2D eigenvalue weighted by molar-refractivity contribution is -0.111. The molecule has 1 heterocycles. The van der Waals surface area contributed by atoms with Gasteiger partial charge in [-0.3, -0.25) is 9.59 Å². The Morgan fingerprint density at radius 3 is 2.47 bits per heavy atom. The van der Waals surface area contributed by atoms with Crippen LogP contribution in [0.2, 0.25) is 0 Å². The van der Waals surface area contributed by atoms with Gasteiger partial charge in [-0.2, -0.15) is 0 Å². The lowest BCUT2D eigenvalue weighted by Crippen LogP contribution is -2.25. The van der Waals surface area contributed by atoms with Crippen molar-refractivity contribution in [2.75, 3.05) is 61.1 Å². The Bertz CT molecular complexity index is 957. The maximum Gasteiger partial charge on any atom is 0.267 e. The van der Waals surface area contributed by atoms with Gasteiger partial charge in [-0.1, -0.05) is 6.58 Å². The van der Waals surface area contributed by atoms with Crippen LogP contribution in [0.1, 0.15) is 24.3 Å². The zero-order chi connectivity index (χ0) is 23.7. The highest BCUT2D eigenvalue weighted by atomic mass is 16.1. The van der Waals surface area contributed by atoms with Crippen LogP contribution in [0.3, 0.4) is 0 Å². The molecule has 32 heavy (non-hydrogen) atoms. The molecule has 10 nitrogen and oxygen atoms in total. The van der Waals surface area contributed by atoms with Gasteiger partial charge in [-0.15, -0.1) is 0 Å². The van der Waals surface area contributed by atoms with Crippen LogP contribution in [-0.4, -0.2) is 67.0 Å². The van der Waals surface area contributed by atoms with Crippen molar-refractivity contribution in [2.24, 2.45) is 5.73 Å². The number of carbonyl (C=O) groups is 2. The van der Waals surface area contributed by atoms with E-state index in [0.717, 1.165) is 37.6 Å². The van der Waals surface area contributed by atoms with E-state index in [1.54, 1.807) is 0 Å². The van der Waals surface area contributed by atoms with Crippen LogP contribution in [0.4, 0.5) is 28.7 Å². The highest BCUT2D eigenvalue weighted by Gasteiger charge is 2.16. The minimum Gasteiger partial charge on any atom is -0.382 e. The topological polar surface area (TPSA) is 129 Å². The summed E-state index contributed by atoms with van der Waals surface area (Å²) in [6, 6.07) is 5.22. The Morgan fingerprint density at radius 2 is 1.88 bits per heavy atom. The molecule has 0 unspecified atom stereocenters. The number of nitrogens with zero attached hydrogens (tertiary/aromatic N) is 4. The smallest absolute Gasteiger partial charge is 0.267 e. The van der Waals surface area contributed by atoms with E-state index in [0.29, 0.717) is 11.4 Å². The summed E-state index contributed by atoms with van der Waals surface area (Å²) >= 11 is 0. The van der Waals surface area contributed by atoms with Gasteiger partial charge in [0.15, 0.2) is 0 Å². The number of hydrogen-bond donors (Lipinski definition) is 4. The standard InChI is InChI=1S/C22H32N8O2/c1-6-20(31)26-17-14-19(30(7-2)8-3)18(24-11-12-29(4)5)13-16(17)28-22-25-10-9-15(27-22)21(23)32/h6,9-10,13-14,24H,1,7-8,11-12H2,2-5H3,(H2,23,32)(H,26,31)(H,25,27,28). The fraction of sp³-hybridized carbons (Fsp3) is 0.364. The van der Waals surface area contributed by atoms with Crippen LogP contribution < -0.4 is 26.6 Å². The summed E-state index contributed by atoms with van der Waals surface area (Å²) in [4.78, 5) is 36.2. The van der Waals surface area contributed by atoms with Crippen molar-refractivity contribution < 1.29 is 9.59 Å². The van der Waals surface area contributed by atoms with Gasteiger partial charge >= 0.3 is 0 Å². The highest BCUT2D eigenvalue weighted by Crippen LogP contribution is 2.37. The first-order chi connectivity index (χ1) is 15.3. The molecule has 5 N–H and O–H groups in total. The maximum atomic E-state index is 12.1. The summed E-state index contributed by atoms with van der Waals surface area (Å²) in [5.41, 5.74) is 8.35. The van der Waals surface area contributed by atoms with Crippen molar-refractivity contribution in [3.05, 3.63) is 42.7 Å². The van der Waals surface area contributed by atoms with Crippen molar-refractivity contribution >= 4 is 40.5 Å². The Hall–Kier alpha value is -3.66. The van der Waals surface area contributed by atoms with Gasteiger partial charge in [0.05, 0.1) is 22.7 Å². The average molecular weight is 441 g/mol. The minimum atomic E-state index is -0.654. The van der Waals surface area contributed by atoms with E-state index in [2.05, 4.69) is 56.1 Å². The number of anilines is 5. The molecule has 0 atom stereocenters. The van der Waals surface area contributed by atoms with Crippen LogP contribution in [0.25, 0.3) is 0 Å². The van der Waals surface area contributed by atoms with Crippen molar-refractivity contribution in [1.82, 2.24) is 14.9 Å². The van der Waals surface area contributed by atoms with E-state index in [1.165, 1.54) is 18.3 Å². The molecule has 2 aromatic rings. The molecule has 0 spiro atoms. The zero-order valence-corrected chi connectivity index (χ0v) is 19.1. The Morgan fingerprint density at radius 1 is 1.16 bits per heavy atom. The Labute approximate surface area is 188 Å². The number of primary amides is 1. The third kappa shape index (κ3) is 6.67. The lowest BCUT2D eigenvalue weighted by Gasteiger charge is -2.27. The molecule has 172 valence electrons. The molecule has 0 aliphatic rings. The molecule has 0 radical (unpaired) electrons. The number of rotatable bonds is 12. The highest BCUT2D eigenvalue weighted by molar-refractivity contribution is 6.03. The predicted molar refractivity (Wildman–Crippen MR) is 130 cm³/mol. The van der Waals surface area contributed by atoms with Gasteiger partial charge < -0.3 is 31.5 Å². The molecule has 0 aliphatic heterocycles. The van der Waals surface area contributed by atoms with E-state index < -0.39 is 5.91 Å². The molecule has 0 bridgehead atoms. The SMILES string of the molecule is C=CC(=O)Nc1cc(N(CC)CC)c(NCCN(C)C)cc1Nc1nccc(C(N)=O)n1. The second-order valence-electron chi connectivity index (χ2n) is 7.27. The van der Waals surface area contributed by atoms with Crippen molar-refractivity contribution in [3.8, 4) is 0 Å². The number of benzene rings is 1. The van der Waals surface area contributed by atoms with Gasteiger partial charge in [0.1, 0.15) is 5.69 Å². The largest absolute Gasteiger partial charge is 0.382 e. The molecular weight excluding hydrogens is 408 g/mol. The number of nitrogens with one attached hydrogen (secondary N) is 3. The predicted octanol–water partition coefficient (Wildman–Crippen LogP) is 2.26. The minimum absolute atomic E-state index is 0.0864. The van der Waals surface area contributed by atoms with Crippen LogP contribution in [-0.2, 0) is 4.79 Å². The first-order valence-corrected chi connectivity index (χ1v) is 10.4. The van der Waals surface area contributed by atoms with Crippen molar-refractivity contribution in [3.63, 3.8) is 0 Å². The third-order valence-corrected chi connectivity index (χ3v) is 4.71. The summed E-state index contributed by atoms with van der Waals surface area (Å²) in [6.45, 7) is 10.8. The van der Waals surface area contributed by atoms with Gasteiger partial charge in [-0.05, 0) is 52.2 Å². The summed E-state index contributed by atoms with van der Waals surface area (Å²) in [6.07, 6.45) is 2.65. The van der Waals surface area contributed by atoms with Crippen LogP contribution >= 0.6 is 0 Å². The number of likely N-dealkylation sites (N-methyl/N-ethyl adjacent to an activating group) is 1. The first-order valence-electron chi connectivity index (χ1n) is 10.4. The second-order valence-corrected chi connectivity index (χ2v) is 7.27. The van der Waals surface area contributed by atoms with Gasteiger partial charge in [0, 0.05) is 32.4 Å². The van der Waals surface area contributed by atoms with E-state index in [4.69, 9.17) is 5.73 Å². The Kier molecular flexibility index (Phi) is 8.96. The first kappa shape index (κ1) is 24.6. The maximum absolute atomic E-state index is 12.1. The average Bonchev–Trinajstić information content (AvgIpc) is 2.76. The molecule has 0 fully saturated rings. The summed E-state index contributed by atoms with van der Waals surface area (Å²) in [7, 11) is 4.02. The van der Waals surface area contributed by atoms with E-state index in [9.17, 15) is 9.59 Å². The number of hydrogen-bond acceptors (Lipinski definition) is 8. The third-order valence-electron chi connectivity index (χ3n) is 4.71. The zero-order valence-electron chi connectivity index (χ0n) is 19.1. The fourth-order valence-corrected chi connectivity index (χ4v) is 3.04.